The van der Waals surface area contributed by atoms with Gasteiger partial charge in [0.05, 0.1) is 0 Å². The zero-order chi connectivity index (χ0) is 13.6. The van der Waals surface area contributed by atoms with Crippen molar-refractivity contribution in [2.24, 2.45) is 0 Å². The average molecular weight is 267 g/mol. The first-order valence-electron chi connectivity index (χ1n) is 5.39. The maximum atomic E-state index is 12.5. The number of nitrogens with zero attached hydrogens (tertiary/aromatic N) is 4. The Labute approximate surface area is 106 Å². The highest BCUT2D eigenvalue weighted by atomic mass is 19.1. The lowest BCUT2D eigenvalue weighted by atomic mass is 10.2. The van der Waals surface area contributed by atoms with Crippen LogP contribution in [0, 0.1) is 0 Å². The number of aliphatic hydroxyl groups excluding tert-OH is 2. The first-order valence-corrected chi connectivity index (χ1v) is 5.39. The highest BCUT2D eigenvalue weighted by Gasteiger charge is 2.41. The molecule has 0 unspecified atom stereocenters. The summed E-state index contributed by atoms with van der Waals surface area (Å²) in [7, 11) is 0. The van der Waals surface area contributed by atoms with Gasteiger partial charge in [-0.25, -0.2) is 19.3 Å². The molecule has 0 radical (unpaired) electrons. The topological polar surface area (TPSA) is 119 Å². The van der Waals surface area contributed by atoms with Crippen LogP contribution < -0.4 is 5.73 Å². The molecule has 8 nitrogen and oxygen atoms in total. The van der Waals surface area contributed by atoms with Crippen molar-refractivity contribution in [2.75, 3.05) is 5.73 Å². The lowest BCUT2D eigenvalue weighted by Gasteiger charge is -2.15. The third-order valence-corrected chi connectivity index (χ3v) is 2.93. The number of nitrogen functional groups attached to an aromatic ring is 1. The van der Waals surface area contributed by atoms with E-state index in [-0.39, 0.29) is 17.9 Å². The fraction of sp³-hybridized carbons (Fsp3) is 0.300. The Hall–Kier alpha value is -2.26. The molecule has 0 bridgehead atoms. The van der Waals surface area contributed by atoms with Crippen molar-refractivity contribution in [3.63, 3.8) is 0 Å². The number of imidazole rings is 1. The van der Waals surface area contributed by atoms with Gasteiger partial charge in [0.25, 0.3) is 0 Å². The summed E-state index contributed by atoms with van der Waals surface area (Å²) in [5, 5.41) is 19.4. The molecule has 1 saturated heterocycles. The van der Waals surface area contributed by atoms with Gasteiger partial charge in [-0.15, -0.1) is 0 Å². The molecule has 1 fully saturated rings. The highest BCUT2D eigenvalue weighted by molar-refractivity contribution is 5.81. The molecule has 3 rings (SSSR count). The lowest BCUT2D eigenvalue weighted by Crippen LogP contribution is -2.27. The van der Waals surface area contributed by atoms with Gasteiger partial charge in [0, 0.05) is 0 Å². The predicted molar refractivity (Wildman–Crippen MR) is 61.1 cm³/mol. The van der Waals surface area contributed by atoms with Crippen molar-refractivity contribution in [2.45, 2.75) is 18.4 Å². The second-order valence-corrected chi connectivity index (χ2v) is 4.04. The number of halogens is 1. The molecule has 0 aromatic carbocycles. The Morgan fingerprint density at radius 1 is 1.37 bits per heavy atom. The molecule has 19 heavy (non-hydrogen) atoms. The summed E-state index contributed by atoms with van der Waals surface area (Å²) in [6, 6.07) is 0. The van der Waals surface area contributed by atoms with Gasteiger partial charge in [-0.05, 0) is 0 Å². The lowest BCUT2D eigenvalue weighted by molar-refractivity contribution is -0.0120. The Balaban J connectivity index is 2.09. The number of nitrogens with two attached hydrogens (primary N) is 1. The Kier molecular flexibility index (Phi) is 2.57. The number of aliphatic hydroxyl groups is 2. The second kappa shape index (κ2) is 4.14. The van der Waals surface area contributed by atoms with Gasteiger partial charge in [0.1, 0.15) is 36.7 Å². The first kappa shape index (κ1) is 11.8. The van der Waals surface area contributed by atoms with E-state index < -0.39 is 18.4 Å². The molecule has 3 atom stereocenters. The molecule has 2 aromatic rings. The number of ether oxygens (including phenoxy) is 1. The molecule has 0 amide bonds. The molecular formula is C10H10FN5O3. The van der Waals surface area contributed by atoms with Crippen LogP contribution >= 0.6 is 0 Å². The molecular weight excluding hydrogens is 257 g/mol. The predicted octanol–water partition coefficient (Wildman–Crippen LogP) is -0.530. The van der Waals surface area contributed by atoms with E-state index in [9.17, 15) is 14.6 Å². The Bertz CT molecular complexity index is 658. The molecule has 1 aliphatic rings. The minimum Gasteiger partial charge on any atom is -0.466 e. The fourth-order valence-electron chi connectivity index (χ4n) is 1.97. The molecule has 3 heterocycles. The van der Waals surface area contributed by atoms with Crippen molar-refractivity contribution >= 4 is 17.0 Å². The van der Waals surface area contributed by atoms with E-state index in [1.165, 1.54) is 17.2 Å². The molecule has 1 aliphatic heterocycles. The second-order valence-electron chi connectivity index (χ2n) is 4.04. The van der Waals surface area contributed by atoms with Crippen LogP contribution in [-0.2, 0) is 4.74 Å². The van der Waals surface area contributed by atoms with Gasteiger partial charge >= 0.3 is 0 Å². The summed E-state index contributed by atoms with van der Waals surface area (Å²) in [4.78, 5) is 11.8. The van der Waals surface area contributed by atoms with Crippen LogP contribution in [0.1, 0.15) is 6.23 Å². The molecule has 0 aliphatic carbocycles. The van der Waals surface area contributed by atoms with Crippen LogP contribution in [0.15, 0.2) is 24.7 Å². The quantitative estimate of drug-likeness (QED) is 0.635. The largest absolute Gasteiger partial charge is 0.466 e. The van der Waals surface area contributed by atoms with Gasteiger partial charge in [-0.2, -0.15) is 0 Å². The van der Waals surface area contributed by atoms with E-state index in [1.54, 1.807) is 0 Å². The highest BCUT2D eigenvalue weighted by Crippen LogP contribution is 2.33. The molecule has 100 valence electrons. The Morgan fingerprint density at radius 2 is 2.16 bits per heavy atom. The smallest absolute Gasteiger partial charge is 0.207 e. The number of anilines is 1. The van der Waals surface area contributed by atoms with Crippen LogP contribution in [0.25, 0.3) is 11.2 Å². The molecule has 0 spiro atoms. The summed E-state index contributed by atoms with van der Waals surface area (Å²) < 4.78 is 19.0. The van der Waals surface area contributed by atoms with Gasteiger partial charge in [-0.1, -0.05) is 0 Å². The van der Waals surface area contributed by atoms with Crippen LogP contribution in [0.3, 0.4) is 0 Å². The average Bonchev–Trinajstić information content (AvgIpc) is 2.94. The summed E-state index contributed by atoms with van der Waals surface area (Å²) >= 11 is 0. The van der Waals surface area contributed by atoms with E-state index in [0.717, 1.165) is 0 Å². The Morgan fingerprint density at radius 3 is 2.84 bits per heavy atom. The third kappa shape index (κ3) is 1.63. The summed E-state index contributed by atoms with van der Waals surface area (Å²) in [6.45, 7) is 0. The van der Waals surface area contributed by atoms with Crippen molar-refractivity contribution in [3.8, 4) is 0 Å². The third-order valence-electron chi connectivity index (χ3n) is 2.93. The van der Waals surface area contributed by atoms with Crippen molar-refractivity contribution in [1.82, 2.24) is 19.5 Å². The monoisotopic (exact) mass is 267 g/mol. The van der Waals surface area contributed by atoms with Crippen molar-refractivity contribution in [3.05, 3.63) is 24.7 Å². The summed E-state index contributed by atoms with van der Waals surface area (Å²) in [6.07, 6.45) is -1.13. The standard InChI is InChI=1S/C10H10FN5O3/c11-1-4-6(17)7(18)10(19-4)16-3-15-5-8(12)13-2-14-9(5)16/h1-3,6-7,10,17-18H,(H2,12,13,14)/b4-1+/t6-,7+,10-/m1/s1. The first-order chi connectivity index (χ1) is 9.13. The van der Waals surface area contributed by atoms with Gasteiger partial charge in [-0.3, -0.25) is 4.57 Å². The van der Waals surface area contributed by atoms with Gasteiger partial charge in [0.15, 0.2) is 17.2 Å². The van der Waals surface area contributed by atoms with Crippen LogP contribution in [0.2, 0.25) is 0 Å². The number of rotatable bonds is 1. The van der Waals surface area contributed by atoms with Gasteiger partial charge < -0.3 is 20.7 Å². The normalized spacial score (nSPS) is 29.0. The van der Waals surface area contributed by atoms with Crippen molar-refractivity contribution < 1.29 is 19.3 Å². The zero-order valence-corrected chi connectivity index (χ0v) is 9.51. The number of fused-ring (bicyclic) bond motifs is 1. The number of hydrogen-bond acceptors (Lipinski definition) is 7. The maximum absolute atomic E-state index is 12.5. The van der Waals surface area contributed by atoms with E-state index in [1.807, 2.05) is 0 Å². The molecule has 2 aromatic heterocycles. The van der Waals surface area contributed by atoms with Crippen LogP contribution in [-0.4, -0.2) is 41.9 Å². The molecule has 0 saturated carbocycles. The minimum absolute atomic E-state index is 0.107. The van der Waals surface area contributed by atoms with E-state index in [2.05, 4.69) is 15.0 Å². The summed E-state index contributed by atoms with van der Waals surface area (Å²) in [5.41, 5.74) is 6.29. The number of aromatic nitrogens is 4. The van der Waals surface area contributed by atoms with Crippen LogP contribution in [0.5, 0.6) is 0 Å². The fourth-order valence-corrected chi connectivity index (χ4v) is 1.97. The van der Waals surface area contributed by atoms with Crippen molar-refractivity contribution in [1.29, 1.82) is 0 Å². The van der Waals surface area contributed by atoms with E-state index >= 15 is 0 Å². The number of hydrogen-bond donors (Lipinski definition) is 3. The molecule has 4 N–H and O–H groups in total. The minimum atomic E-state index is -1.44. The van der Waals surface area contributed by atoms with Gasteiger partial charge in [0.2, 0.25) is 6.23 Å². The SMILES string of the molecule is Nc1ncnc2c1ncn2[C@@H]1O/C(=C/F)[C@@H](O)[C@@H]1O. The van der Waals surface area contributed by atoms with E-state index in [0.29, 0.717) is 11.2 Å². The molecule has 9 heteroatoms. The maximum Gasteiger partial charge on any atom is 0.207 e. The zero-order valence-electron chi connectivity index (χ0n) is 9.51. The van der Waals surface area contributed by atoms with E-state index in [4.69, 9.17) is 10.5 Å². The summed E-state index contributed by atoms with van der Waals surface area (Å²) in [5.74, 6) is -0.167. The van der Waals surface area contributed by atoms with Crippen LogP contribution in [0.4, 0.5) is 10.2 Å².